The molecule has 0 amide bonds. The van der Waals surface area contributed by atoms with Gasteiger partial charge in [0.05, 0.1) is 12.1 Å². The number of rotatable bonds is 5. The lowest BCUT2D eigenvalue weighted by Gasteiger charge is -2.10. The van der Waals surface area contributed by atoms with Gasteiger partial charge in [-0.1, -0.05) is 13.0 Å². The van der Waals surface area contributed by atoms with Gasteiger partial charge in [0, 0.05) is 12.2 Å². The molecule has 0 saturated carbocycles. The summed E-state index contributed by atoms with van der Waals surface area (Å²) in [5, 5.41) is 7.00. The van der Waals surface area contributed by atoms with Crippen molar-refractivity contribution in [3.63, 3.8) is 0 Å². The number of nitrogens with one attached hydrogen (secondary N) is 1. The van der Waals surface area contributed by atoms with Gasteiger partial charge in [-0.15, -0.1) is 0 Å². The highest BCUT2D eigenvalue weighted by Gasteiger charge is 2.30. The summed E-state index contributed by atoms with van der Waals surface area (Å²) in [5.41, 5.74) is -0.261. The standard InChI is InChI=1S/C13H15F3N4/c1-2-6-20-12(18-9-19-20)8-17-11-5-3-4-10(7-11)13(14,15)16/h3-5,7,9,17H,2,6,8H2,1H3. The van der Waals surface area contributed by atoms with E-state index in [1.807, 2.05) is 6.92 Å². The maximum Gasteiger partial charge on any atom is 0.416 e. The molecule has 0 aliphatic heterocycles. The van der Waals surface area contributed by atoms with Crippen molar-refractivity contribution in [1.29, 1.82) is 0 Å². The second-order valence-corrected chi connectivity index (χ2v) is 4.33. The second-order valence-electron chi connectivity index (χ2n) is 4.33. The lowest BCUT2D eigenvalue weighted by molar-refractivity contribution is -0.137. The fourth-order valence-electron chi connectivity index (χ4n) is 1.81. The Morgan fingerprint density at radius 2 is 2.10 bits per heavy atom. The fraction of sp³-hybridized carbons (Fsp3) is 0.385. The predicted octanol–water partition coefficient (Wildman–Crippen LogP) is 3.32. The van der Waals surface area contributed by atoms with E-state index < -0.39 is 11.7 Å². The molecule has 1 N–H and O–H groups in total. The van der Waals surface area contributed by atoms with E-state index in [1.54, 1.807) is 10.7 Å². The summed E-state index contributed by atoms with van der Waals surface area (Å²) < 4.78 is 39.5. The highest BCUT2D eigenvalue weighted by molar-refractivity contribution is 5.46. The lowest BCUT2D eigenvalue weighted by Crippen LogP contribution is -2.11. The highest BCUT2D eigenvalue weighted by atomic mass is 19.4. The zero-order valence-corrected chi connectivity index (χ0v) is 11.0. The van der Waals surface area contributed by atoms with E-state index >= 15 is 0 Å². The molecule has 0 atom stereocenters. The van der Waals surface area contributed by atoms with Gasteiger partial charge < -0.3 is 5.32 Å². The summed E-state index contributed by atoms with van der Waals surface area (Å²) in [5.74, 6) is 0.698. The van der Waals surface area contributed by atoms with Gasteiger partial charge in [-0.05, 0) is 24.6 Å². The zero-order valence-electron chi connectivity index (χ0n) is 11.0. The van der Waals surface area contributed by atoms with Crippen molar-refractivity contribution in [1.82, 2.24) is 14.8 Å². The van der Waals surface area contributed by atoms with Crippen molar-refractivity contribution in [2.45, 2.75) is 32.6 Å². The highest BCUT2D eigenvalue weighted by Crippen LogP contribution is 2.30. The Morgan fingerprint density at radius 3 is 2.80 bits per heavy atom. The van der Waals surface area contributed by atoms with Crippen molar-refractivity contribution in [3.8, 4) is 0 Å². The topological polar surface area (TPSA) is 42.7 Å². The van der Waals surface area contributed by atoms with Crippen molar-refractivity contribution >= 4 is 5.69 Å². The van der Waals surface area contributed by atoms with Crippen LogP contribution in [0.3, 0.4) is 0 Å². The van der Waals surface area contributed by atoms with Crippen LogP contribution in [0.25, 0.3) is 0 Å². The predicted molar refractivity (Wildman–Crippen MR) is 69.1 cm³/mol. The maximum absolute atomic E-state index is 12.6. The Labute approximate surface area is 114 Å². The molecule has 20 heavy (non-hydrogen) atoms. The molecule has 1 aromatic heterocycles. The van der Waals surface area contributed by atoms with Gasteiger partial charge in [0.25, 0.3) is 0 Å². The number of hydrogen-bond donors (Lipinski definition) is 1. The smallest absolute Gasteiger partial charge is 0.378 e. The normalized spacial score (nSPS) is 11.6. The van der Waals surface area contributed by atoms with Crippen molar-refractivity contribution in [2.24, 2.45) is 0 Å². The van der Waals surface area contributed by atoms with E-state index in [1.165, 1.54) is 12.4 Å². The number of anilines is 1. The molecule has 1 heterocycles. The van der Waals surface area contributed by atoms with E-state index in [-0.39, 0.29) is 0 Å². The van der Waals surface area contributed by atoms with Gasteiger partial charge in [0.2, 0.25) is 0 Å². The summed E-state index contributed by atoms with van der Waals surface area (Å²) in [4.78, 5) is 4.09. The van der Waals surface area contributed by atoms with Crippen LogP contribution >= 0.6 is 0 Å². The minimum absolute atomic E-state index is 0.335. The average molecular weight is 284 g/mol. The van der Waals surface area contributed by atoms with Crippen LogP contribution in [0.15, 0.2) is 30.6 Å². The van der Waals surface area contributed by atoms with Crippen LogP contribution in [0, 0.1) is 0 Å². The number of alkyl halides is 3. The quantitative estimate of drug-likeness (QED) is 0.916. The van der Waals surface area contributed by atoms with Gasteiger partial charge in [0.1, 0.15) is 12.2 Å². The van der Waals surface area contributed by atoms with E-state index in [0.29, 0.717) is 18.1 Å². The number of hydrogen-bond acceptors (Lipinski definition) is 3. The van der Waals surface area contributed by atoms with Crippen molar-refractivity contribution < 1.29 is 13.2 Å². The van der Waals surface area contributed by atoms with Crippen LogP contribution in [0.4, 0.5) is 18.9 Å². The minimum Gasteiger partial charge on any atom is -0.378 e. The van der Waals surface area contributed by atoms with Crippen LogP contribution in [0.5, 0.6) is 0 Å². The van der Waals surface area contributed by atoms with Crippen LogP contribution in [0.1, 0.15) is 24.7 Å². The Kier molecular flexibility index (Phi) is 4.26. The molecular formula is C13H15F3N4. The van der Waals surface area contributed by atoms with E-state index in [9.17, 15) is 13.2 Å². The zero-order chi connectivity index (χ0) is 14.6. The first-order valence-corrected chi connectivity index (χ1v) is 6.28. The van der Waals surface area contributed by atoms with Gasteiger partial charge >= 0.3 is 6.18 Å². The average Bonchev–Trinajstić information content (AvgIpc) is 2.84. The van der Waals surface area contributed by atoms with Crippen LogP contribution in [0.2, 0.25) is 0 Å². The third-order valence-electron chi connectivity index (χ3n) is 2.77. The monoisotopic (exact) mass is 284 g/mol. The molecule has 0 unspecified atom stereocenters. The summed E-state index contributed by atoms with van der Waals surface area (Å²) in [6.07, 6.45) is -1.97. The molecule has 108 valence electrons. The third-order valence-corrected chi connectivity index (χ3v) is 2.77. The molecule has 0 radical (unpaired) electrons. The molecule has 0 aliphatic rings. The third kappa shape index (κ3) is 3.49. The van der Waals surface area contributed by atoms with Gasteiger partial charge in [-0.25, -0.2) is 9.67 Å². The molecule has 0 aliphatic carbocycles. The van der Waals surface area contributed by atoms with E-state index in [0.717, 1.165) is 25.1 Å². The molecule has 0 spiro atoms. The Hall–Kier alpha value is -2.05. The Morgan fingerprint density at radius 1 is 1.30 bits per heavy atom. The molecule has 4 nitrogen and oxygen atoms in total. The van der Waals surface area contributed by atoms with E-state index in [2.05, 4.69) is 15.4 Å². The lowest BCUT2D eigenvalue weighted by atomic mass is 10.2. The fourth-order valence-corrected chi connectivity index (χ4v) is 1.81. The minimum atomic E-state index is -4.33. The Bertz CT molecular complexity index is 563. The first kappa shape index (κ1) is 14.4. The molecule has 1 aromatic carbocycles. The molecule has 0 saturated heterocycles. The number of aryl methyl sites for hydroxylation is 1. The molecule has 2 aromatic rings. The first-order valence-electron chi connectivity index (χ1n) is 6.28. The summed E-state index contributed by atoms with van der Waals surface area (Å²) in [7, 11) is 0. The Balaban J connectivity index is 2.05. The maximum atomic E-state index is 12.6. The number of benzene rings is 1. The molecule has 0 bridgehead atoms. The largest absolute Gasteiger partial charge is 0.416 e. The van der Waals surface area contributed by atoms with Crippen LogP contribution in [-0.2, 0) is 19.3 Å². The van der Waals surface area contributed by atoms with E-state index in [4.69, 9.17) is 0 Å². The van der Waals surface area contributed by atoms with Crippen molar-refractivity contribution in [2.75, 3.05) is 5.32 Å². The first-order chi connectivity index (χ1) is 9.50. The van der Waals surface area contributed by atoms with Crippen LogP contribution in [-0.4, -0.2) is 14.8 Å². The van der Waals surface area contributed by atoms with Crippen molar-refractivity contribution in [3.05, 3.63) is 42.0 Å². The molecule has 0 fully saturated rings. The summed E-state index contributed by atoms with van der Waals surface area (Å²) >= 11 is 0. The number of halogens is 3. The number of nitrogens with zero attached hydrogens (tertiary/aromatic N) is 3. The number of aromatic nitrogens is 3. The van der Waals surface area contributed by atoms with Gasteiger partial charge in [-0.3, -0.25) is 0 Å². The molecular weight excluding hydrogens is 269 g/mol. The van der Waals surface area contributed by atoms with Gasteiger partial charge in [0.15, 0.2) is 0 Å². The van der Waals surface area contributed by atoms with Gasteiger partial charge in [-0.2, -0.15) is 18.3 Å². The SMILES string of the molecule is CCCn1ncnc1CNc1cccc(C(F)(F)F)c1. The molecule has 2 rings (SSSR count). The summed E-state index contributed by atoms with van der Waals surface area (Å²) in [6, 6.07) is 5.10. The van der Waals surface area contributed by atoms with Crippen LogP contribution < -0.4 is 5.32 Å². The molecule has 7 heteroatoms. The summed E-state index contributed by atoms with van der Waals surface area (Å²) in [6.45, 7) is 3.09. The second kappa shape index (κ2) is 5.94.